The SMILES string of the molecule is c1ccc(Nc2nnc(SCCCc3nc(-c4cccs4)no3)s2)cc1. The number of aromatic nitrogens is 4. The summed E-state index contributed by atoms with van der Waals surface area (Å²) in [7, 11) is 0. The molecule has 3 aromatic heterocycles. The molecule has 0 fully saturated rings. The zero-order valence-electron chi connectivity index (χ0n) is 13.7. The van der Waals surface area contributed by atoms with Crippen molar-refractivity contribution in [2.24, 2.45) is 0 Å². The first-order chi connectivity index (χ1) is 12.9. The highest BCUT2D eigenvalue weighted by molar-refractivity contribution is 8.01. The summed E-state index contributed by atoms with van der Waals surface area (Å²) in [4.78, 5) is 5.47. The Balaban J connectivity index is 1.23. The normalized spacial score (nSPS) is 10.9. The van der Waals surface area contributed by atoms with E-state index in [0.717, 1.165) is 38.6 Å². The molecule has 0 aliphatic carbocycles. The Morgan fingerprint density at radius 1 is 1.08 bits per heavy atom. The summed E-state index contributed by atoms with van der Waals surface area (Å²) in [5.74, 6) is 2.28. The zero-order chi connectivity index (χ0) is 17.6. The molecule has 0 saturated carbocycles. The van der Waals surface area contributed by atoms with Gasteiger partial charge >= 0.3 is 0 Å². The van der Waals surface area contributed by atoms with Crippen LogP contribution in [0.5, 0.6) is 0 Å². The molecule has 0 radical (unpaired) electrons. The van der Waals surface area contributed by atoms with Gasteiger partial charge in [0.15, 0.2) is 4.34 Å². The van der Waals surface area contributed by atoms with Crippen molar-refractivity contribution in [1.82, 2.24) is 20.3 Å². The maximum Gasteiger partial charge on any atom is 0.227 e. The second kappa shape index (κ2) is 8.43. The van der Waals surface area contributed by atoms with Crippen molar-refractivity contribution in [2.45, 2.75) is 17.2 Å². The van der Waals surface area contributed by atoms with Crippen LogP contribution in [-0.4, -0.2) is 26.1 Å². The van der Waals surface area contributed by atoms with E-state index in [4.69, 9.17) is 4.52 Å². The van der Waals surface area contributed by atoms with Gasteiger partial charge in [0.2, 0.25) is 16.8 Å². The van der Waals surface area contributed by atoms with Gasteiger partial charge < -0.3 is 9.84 Å². The summed E-state index contributed by atoms with van der Waals surface area (Å²) in [5, 5.41) is 18.5. The first-order valence-electron chi connectivity index (χ1n) is 8.02. The third-order valence-corrected chi connectivity index (χ3v) is 6.33. The molecule has 0 aliphatic heterocycles. The molecule has 0 atom stereocenters. The molecule has 6 nitrogen and oxygen atoms in total. The Kier molecular flexibility index (Phi) is 5.58. The van der Waals surface area contributed by atoms with Crippen LogP contribution in [0.15, 0.2) is 56.7 Å². The average Bonchev–Trinajstić information content (AvgIpc) is 3.41. The van der Waals surface area contributed by atoms with Crippen molar-refractivity contribution in [3.8, 4) is 10.7 Å². The van der Waals surface area contributed by atoms with Gasteiger partial charge in [-0.1, -0.05) is 52.5 Å². The standard InChI is InChI=1S/C17H15N5OS3/c1-2-6-12(7-3-1)18-16-20-21-17(26-16)25-11-5-9-14-19-15(22-23-14)13-8-4-10-24-13/h1-4,6-8,10H,5,9,11H2,(H,18,20). The molecule has 0 saturated heterocycles. The molecule has 0 bridgehead atoms. The smallest absolute Gasteiger partial charge is 0.227 e. The molecular formula is C17H15N5OS3. The van der Waals surface area contributed by atoms with Crippen molar-refractivity contribution < 1.29 is 4.52 Å². The minimum Gasteiger partial charge on any atom is -0.339 e. The topological polar surface area (TPSA) is 76.7 Å². The lowest BCUT2D eigenvalue weighted by Gasteiger charge is -1.99. The molecule has 4 rings (SSSR count). The van der Waals surface area contributed by atoms with Gasteiger partial charge in [-0.3, -0.25) is 0 Å². The Morgan fingerprint density at radius 2 is 2.00 bits per heavy atom. The molecule has 26 heavy (non-hydrogen) atoms. The van der Waals surface area contributed by atoms with E-state index in [1.807, 2.05) is 47.8 Å². The average molecular weight is 402 g/mol. The number of aryl methyl sites for hydroxylation is 1. The second-order valence-electron chi connectivity index (χ2n) is 5.31. The summed E-state index contributed by atoms with van der Waals surface area (Å²) in [5.41, 5.74) is 1.01. The van der Waals surface area contributed by atoms with Gasteiger partial charge in [0.25, 0.3) is 0 Å². The Hall–Kier alpha value is -2.23. The highest BCUT2D eigenvalue weighted by Crippen LogP contribution is 2.28. The van der Waals surface area contributed by atoms with Gasteiger partial charge in [0.1, 0.15) is 0 Å². The van der Waals surface area contributed by atoms with Gasteiger partial charge in [-0.2, -0.15) is 4.98 Å². The van der Waals surface area contributed by atoms with Crippen molar-refractivity contribution in [3.05, 3.63) is 53.7 Å². The molecule has 1 aromatic carbocycles. The van der Waals surface area contributed by atoms with Crippen molar-refractivity contribution in [2.75, 3.05) is 11.1 Å². The third kappa shape index (κ3) is 4.48. The van der Waals surface area contributed by atoms with Crippen LogP contribution in [0.1, 0.15) is 12.3 Å². The van der Waals surface area contributed by atoms with E-state index in [-0.39, 0.29) is 0 Å². The number of benzene rings is 1. The minimum absolute atomic E-state index is 0.670. The second-order valence-corrected chi connectivity index (χ2v) is 8.57. The molecule has 3 heterocycles. The van der Waals surface area contributed by atoms with Crippen LogP contribution < -0.4 is 5.32 Å². The maximum absolute atomic E-state index is 5.31. The first kappa shape index (κ1) is 17.2. The van der Waals surface area contributed by atoms with E-state index in [0.29, 0.717) is 11.7 Å². The van der Waals surface area contributed by atoms with E-state index in [2.05, 4.69) is 25.7 Å². The zero-order valence-corrected chi connectivity index (χ0v) is 16.1. The van der Waals surface area contributed by atoms with Gasteiger partial charge in [0, 0.05) is 17.9 Å². The summed E-state index contributed by atoms with van der Waals surface area (Å²) in [6.07, 6.45) is 1.71. The van der Waals surface area contributed by atoms with Crippen LogP contribution in [0.4, 0.5) is 10.8 Å². The number of thiophene rings is 1. The fourth-order valence-electron chi connectivity index (χ4n) is 2.21. The number of thioether (sulfide) groups is 1. The molecule has 9 heteroatoms. The van der Waals surface area contributed by atoms with Crippen LogP contribution >= 0.6 is 34.4 Å². The van der Waals surface area contributed by atoms with Gasteiger partial charge in [0.05, 0.1) is 4.88 Å². The number of hydrogen-bond donors (Lipinski definition) is 1. The van der Waals surface area contributed by atoms with Gasteiger partial charge in [-0.25, -0.2) is 0 Å². The summed E-state index contributed by atoms with van der Waals surface area (Å²) in [6, 6.07) is 13.9. The molecule has 1 N–H and O–H groups in total. The van der Waals surface area contributed by atoms with Crippen LogP contribution in [0.2, 0.25) is 0 Å². The highest BCUT2D eigenvalue weighted by Gasteiger charge is 2.10. The maximum atomic E-state index is 5.31. The van der Waals surface area contributed by atoms with E-state index < -0.39 is 0 Å². The molecular weight excluding hydrogens is 386 g/mol. The molecule has 0 amide bonds. The number of hydrogen-bond acceptors (Lipinski definition) is 9. The quantitative estimate of drug-likeness (QED) is 0.324. The van der Waals surface area contributed by atoms with Crippen LogP contribution in [0.25, 0.3) is 10.7 Å². The van der Waals surface area contributed by atoms with Gasteiger partial charge in [-0.15, -0.1) is 21.5 Å². The number of nitrogens with zero attached hydrogens (tertiary/aromatic N) is 4. The Labute approximate surface area is 162 Å². The predicted molar refractivity (Wildman–Crippen MR) is 106 cm³/mol. The summed E-state index contributed by atoms with van der Waals surface area (Å²) >= 11 is 4.86. The monoisotopic (exact) mass is 401 g/mol. The van der Waals surface area contributed by atoms with Crippen molar-refractivity contribution >= 4 is 45.3 Å². The lowest BCUT2D eigenvalue weighted by molar-refractivity contribution is 0.378. The lowest BCUT2D eigenvalue weighted by Crippen LogP contribution is -1.88. The van der Waals surface area contributed by atoms with E-state index >= 15 is 0 Å². The molecule has 132 valence electrons. The molecule has 0 aliphatic rings. The van der Waals surface area contributed by atoms with E-state index in [1.54, 1.807) is 34.4 Å². The van der Waals surface area contributed by atoms with Crippen molar-refractivity contribution in [3.63, 3.8) is 0 Å². The minimum atomic E-state index is 0.670. The number of para-hydroxylation sites is 1. The number of anilines is 2. The fourth-order valence-corrected chi connectivity index (χ4v) is 4.64. The highest BCUT2D eigenvalue weighted by atomic mass is 32.2. The molecule has 4 aromatic rings. The Morgan fingerprint density at radius 3 is 2.85 bits per heavy atom. The van der Waals surface area contributed by atoms with Crippen LogP contribution in [0, 0.1) is 0 Å². The number of nitrogens with one attached hydrogen (secondary N) is 1. The van der Waals surface area contributed by atoms with E-state index in [9.17, 15) is 0 Å². The first-order valence-corrected chi connectivity index (χ1v) is 10.7. The summed E-state index contributed by atoms with van der Waals surface area (Å²) < 4.78 is 6.26. The van der Waals surface area contributed by atoms with E-state index in [1.165, 1.54) is 0 Å². The number of rotatable bonds is 8. The van der Waals surface area contributed by atoms with Gasteiger partial charge in [-0.05, 0) is 30.0 Å². The largest absolute Gasteiger partial charge is 0.339 e. The lowest BCUT2D eigenvalue weighted by atomic mass is 10.3. The Bertz CT molecular complexity index is 936. The molecule has 0 spiro atoms. The van der Waals surface area contributed by atoms with Crippen molar-refractivity contribution in [1.29, 1.82) is 0 Å². The predicted octanol–water partition coefficient (Wildman–Crippen LogP) is 5.12. The fraction of sp³-hybridized carbons (Fsp3) is 0.176. The molecule has 0 unspecified atom stereocenters. The van der Waals surface area contributed by atoms with Crippen LogP contribution in [0.3, 0.4) is 0 Å². The van der Waals surface area contributed by atoms with Crippen LogP contribution in [-0.2, 0) is 6.42 Å². The summed E-state index contributed by atoms with van der Waals surface area (Å²) in [6.45, 7) is 0. The third-order valence-electron chi connectivity index (χ3n) is 3.40.